The van der Waals surface area contributed by atoms with E-state index < -0.39 is 0 Å². The lowest BCUT2D eigenvalue weighted by atomic mass is 10.1. The molecule has 1 fully saturated rings. The van der Waals surface area contributed by atoms with Crippen molar-refractivity contribution in [3.05, 3.63) is 29.8 Å². The number of aromatic hydroxyl groups is 1. The third-order valence-electron chi connectivity index (χ3n) is 2.40. The number of morpholine rings is 1. The zero-order valence-electron chi connectivity index (χ0n) is 8.07. The van der Waals surface area contributed by atoms with Crippen molar-refractivity contribution in [3.8, 4) is 5.75 Å². The van der Waals surface area contributed by atoms with E-state index in [4.69, 9.17) is 9.84 Å². The first-order valence-electron chi connectivity index (χ1n) is 4.95. The van der Waals surface area contributed by atoms with E-state index in [0.717, 1.165) is 26.1 Å². The lowest BCUT2D eigenvalue weighted by Crippen LogP contribution is -2.39. The molecule has 1 atom stereocenters. The summed E-state index contributed by atoms with van der Waals surface area (Å²) >= 11 is 0. The van der Waals surface area contributed by atoms with E-state index in [1.165, 1.54) is 5.56 Å². The molecular formula is C11H15NO2. The molecule has 0 amide bonds. The molecule has 0 spiro atoms. The van der Waals surface area contributed by atoms with Gasteiger partial charge in [0.2, 0.25) is 0 Å². The molecule has 3 heteroatoms. The smallest absolute Gasteiger partial charge is 0.115 e. The molecule has 0 aromatic heterocycles. The van der Waals surface area contributed by atoms with Crippen LogP contribution in [0.2, 0.25) is 0 Å². The highest BCUT2D eigenvalue weighted by molar-refractivity contribution is 5.26. The molecule has 1 aliphatic rings. The molecule has 1 heterocycles. The van der Waals surface area contributed by atoms with Crippen molar-refractivity contribution >= 4 is 0 Å². The van der Waals surface area contributed by atoms with Gasteiger partial charge in [0, 0.05) is 13.1 Å². The largest absolute Gasteiger partial charge is 0.508 e. The Bertz CT molecular complexity index is 278. The fraction of sp³-hybridized carbons (Fsp3) is 0.455. The normalized spacial score (nSPS) is 22.1. The summed E-state index contributed by atoms with van der Waals surface area (Å²) in [6.07, 6.45) is 1.18. The second-order valence-electron chi connectivity index (χ2n) is 3.57. The van der Waals surface area contributed by atoms with Crippen molar-refractivity contribution in [2.45, 2.75) is 12.5 Å². The van der Waals surface area contributed by atoms with Gasteiger partial charge in [-0.3, -0.25) is 0 Å². The van der Waals surface area contributed by atoms with Crippen molar-refractivity contribution in [3.63, 3.8) is 0 Å². The van der Waals surface area contributed by atoms with Crippen LogP contribution in [0.25, 0.3) is 0 Å². The Kier molecular flexibility index (Phi) is 3.01. The molecule has 1 aliphatic heterocycles. The second-order valence-corrected chi connectivity index (χ2v) is 3.57. The van der Waals surface area contributed by atoms with Gasteiger partial charge < -0.3 is 15.2 Å². The lowest BCUT2D eigenvalue weighted by molar-refractivity contribution is 0.0292. The van der Waals surface area contributed by atoms with Gasteiger partial charge >= 0.3 is 0 Å². The Labute approximate surface area is 83.7 Å². The van der Waals surface area contributed by atoms with Gasteiger partial charge in [-0.05, 0) is 24.1 Å². The first kappa shape index (κ1) is 9.49. The van der Waals surface area contributed by atoms with Gasteiger partial charge in [-0.25, -0.2) is 0 Å². The van der Waals surface area contributed by atoms with E-state index in [2.05, 4.69) is 5.32 Å². The van der Waals surface area contributed by atoms with E-state index in [0.29, 0.717) is 5.75 Å². The molecular weight excluding hydrogens is 178 g/mol. The fourth-order valence-electron chi connectivity index (χ4n) is 1.65. The van der Waals surface area contributed by atoms with Crippen LogP contribution in [-0.4, -0.2) is 30.9 Å². The molecule has 14 heavy (non-hydrogen) atoms. The minimum absolute atomic E-state index is 0.272. The Hall–Kier alpha value is -1.06. The Morgan fingerprint density at radius 1 is 1.36 bits per heavy atom. The molecule has 2 N–H and O–H groups in total. The van der Waals surface area contributed by atoms with Crippen molar-refractivity contribution < 1.29 is 9.84 Å². The van der Waals surface area contributed by atoms with E-state index in [1.807, 2.05) is 12.1 Å². The number of rotatable bonds is 2. The lowest BCUT2D eigenvalue weighted by Gasteiger charge is -2.23. The first-order chi connectivity index (χ1) is 6.84. The standard InChI is InChI=1S/C11H15NO2/c13-10-3-1-9(2-4-10)7-11-8-12-5-6-14-11/h1-4,11-13H,5-8H2/t11-/m1/s1. The highest BCUT2D eigenvalue weighted by Gasteiger charge is 2.13. The Morgan fingerprint density at radius 2 is 2.14 bits per heavy atom. The number of benzene rings is 1. The van der Waals surface area contributed by atoms with Crippen molar-refractivity contribution in [2.75, 3.05) is 19.7 Å². The summed E-state index contributed by atoms with van der Waals surface area (Å²) in [4.78, 5) is 0. The molecule has 0 unspecified atom stereocenters. The zero-order valence-corrected chi connectivity index (χ0v) is 8.07. The molecule has 0 aliphatic carbocycles. The SMILES string of the molecule is Oc1ccc(C[C@@H]2CNCCO2)cc1. The third-order valence-corrected chi connectivity index (χ3v) is 2.40. The van der Waals surface area contributed by atoms with Crippen LogP contribution in [0.5, 0.6) is 5.75 Å². The van der Waals surface area contributed by atoms with Crippen LogP contribution >= 0.6 is 0 Å². The molecule has 0 saturated carbocycles. The highest BCUT2D eigenvalue weighted by Crippen LogP contribution is 2.12. The number of phenolic OH excluding ortho intramolecular Hbond substituents is 1. The Balaban J connectivity index is 1.92. The quantitative estimate of drug-likeness (QED) is 0.734. The average molecular weight is 193 g/mol. The van der Waals surface area contributed by atoms with Crippen LogP contribution in [-0.2, 0) is 11.2 Å². The maximum absolute atomic E-state index is 9.12. The topological polar surface area (TPSA) is 41.5 Å². The molecule has 0 bridgehead atoms. The molecule has 0 radical (unpaired) electrons. The van der Waals surface area contributed by atoms with E-state index in [1.54, 1.807) is 12.1 Å². The molecule has 1 saturated heterocycles. The van der Waals surface area contributed by atoms with Crippen molar-refractivity contribution in [1.82, 2.24) is 5.32 Å². The summed E-state index contributed by atoms with van der Waals surface area (Å²) in [6, 6.07) is 7.30. The minimum atomic E-state index is 0.272. The van der Waals surface area contributed by atoms with Gasteiger partial charge in [-0.15, -0.1) is 0 Å². The maximum atomic E-state index is 9.12. The highest BCUT2D eigenvalue weighted by atomic mass is 16.5. The summed E-state index contributed by atoms with van der Waals surface area (Å²) in [6.45, 7) is 2.66. The van der Waals surface area contributed by atoms with Gasteiger partial charge in [-0.1, -0.05) is 12.1 Å². The third kappa shape index (κ3) is 2.47. The first-order valence-corrected chi connectivity index (χ1v) is 4.95. The number of phenols is 1. The van der Waals surface area contributed by atoms with E-state index in [9.17, 15) is 0 Å². The number of ether oxygens (including phenoxy) is 1. The van der Waals surface area contributed by atoms with Crippen LogP contribution < -0.4 is 5.32 Å². The van der Waals surface area contributed by atoms with Gasteiger partial charge in [0.05, 0.1) is 12.7 Å². The van der Waals surface area contributed by atoms with Gasteiger partial charge in [-0.2, -0.15) is 0 Å². The zero-order chi connectivity index (χ0) is 9.80. The number of nitrogens with one attached hydrogen (secondary N) is 1. The summed E-state index contributed by atoms with van der Waals surface area (Å²) in [5.41, 5.74) is 1.21. The number of hydrogen-bond donors (Lipinski definition) is 2. The van der Waals surface area contributed by atoms with Crippen LogP contribution in [0.1, 0.15) is 5.56 Å². The summed E-state index contributed by atoms with van der Waals surface area (Å²) in [5, 5.41) is 12.4. The van der Waals surface area contributed by atoms with Gasteiger partial charge in [0.15, 0.2) is 0 Å². The van der Waals surface area contributed by atoms with Gasteiger partial charge in [0.25, 0.3) is 0 Å². The number of hydrogen-bond acceptors (Lipinski definition) is 3. The molecule has 76 valence electrons. The molecule has 1 aromatic rings. The van der Waals surface area contributed by atoms with Crippen LogP contribution in [0.3, 0.4) is 0 Å². The molecule has 3 nitrogen and oxygen atoms in total. The van der Waals surface area contributed by atoms with Crippen LogP contribution in [0, 0.1) is 0 Å². The van der Waals surface area contributed by atoms with Crippen molar-refractivity contribution in [1.29, 1.82) is 0 Å². The van der Waals surface area contributed by atoms with Gasteiger partial charge in [0.1, 0.15) is 5.75 Å². The fourth-order valence-corrected chi connectivity index (χ4v) is 1.65. The van der Waals surface area contributed by atoms with Crippen molar-refractivity contribution in [2.24, 2.45) is 0 Å². The average Bonchev–Trinajstić information content (AvgIpc) is 2.23. The molecule has 2 rings (SSSR count). The van der Waals surface area contributed by atoms with E-state index >= 15 is 0 Å². The summed E-state index contributed by atoms with van der Waals surface area (Å²) in [5.74, 6) is 0.316. The second kappa shape index (κ2) is 4.44. The predicted molar refractivity (Wildman–Crippen MR) is 54.4 cm³/mol. The summed E-state index contributed by atoms with van der Waals surface area (Å²) in [7, 11) is 0. The maximum Gasteiger partial charge on any atom is 0.115 e. The molecule has 1 aromatic carbocycles. The van der Waals surface area contributed by atoms with Crippen LogP contribution in [0.15, 0.2) is 24.3 Å². The summed E-state index contributed by atoms with van der Waals surface area (Å²) < 4.78 is 5.59. The minimum Gasteiger partial charge on any atom is -0.508 e. The monoisotopic (exact) mass is 193 g/mol. The Morgan fingerprint density at radius 3 is 2.79 bits per heavy atom. The predicted octanol–water partition coefficient (Wildman–Crippen LogP) is 0.923. The van der Waals surface area contributed by atoms with Crippen LogP contribution in [0.4, 0.5) is 0 Å². The van der Waals surface area contributed by atoms with E-state index in [-0.39, 0.29) is 6.10 Å².